The van der Waals surface area contributed by atoms with E-state index in [-0.39, 0.29) is 0 Å². The van der Waals surface area contributed by atoms with E-state index in [9.17, 15) is 5.11 Å². The van der Waals surface area contributed by atoms with Crippen molar-refractivity contribution in [2.75, 3.05) is 0 Å². The number of aromatic hydroxyl groups is 1. The number of aryl methyl sites for hydroxylation is 1. The highest BCUT2D eigenvalue weighted by atomic mass is 16.5. The lowest BCUT2D eigenvalue weighted by Gasteiger charge is -2.05. The molecule has 0 saturated heterocycles. The maximum Gasteiger partial charge on any atom is 0.124 e. The fraction of sp³-hybridized carbons (Fsp3) is 0.400. The molecule has 12 heavy (non-hydrogen) atoms. The van der Waals surface area contributed by atoms with Crippen LogP contribution < -0.4 is 0 Å². The molecule has 0 atom stereocenters. The van der Waals surface area contributed by atoms with Crippen LogP contribution in [0.4, 0.5) is 0 Å². The van der Waals surface area contributed by atoms with E-state index in [1.807, 2.05) is 19.1 Å². The molecule has 0 fully saturated rings. The van der Waals surface area contributed by atoms with E-state index in [1.54, 1.807) is 0 Å². The maximum atomic E-state index is 9.73. The Bertz CT molecular complexity index is 305. The standard InChI is InChI=1S/C10H12O2/c1-2-7-3-4-8-5-12-6-9(8)10(7)11/h3-4,11H,2,5-6H2,1H3. The molecular weight excluding hydrogens is 152 g/mol. The van der Waals surface area contributed by atoms with Crippen molar-refractivity contribution in [1.82, 2.24) is 0 Å². The zero-order valence-corrected chi connectivity index (χ0v) is 7.13. The summed E-state index contributed by atoms with van der Waals surface area (Å²) >= 11 is 0. The number of hydrogen-bond donors (Lipinski definition) is 1. The van der Waals surface area contributed by atoms with Crippen LogP contribution in [0.3, 0.4) is 0 Å². The summed E-state index contributed by atoms with van der Waals surface area (Å²) in [4.78, 5) is 0. The molecule has 0 saturated carbocycles. The quantitative estimate of drug-likeness (QED) is 0.687. The Kier molecular flexibility index (Phi) is 1.77. The van der Waals surface area contributed by atoms with E-state index in [0.29, 0.717) is 19.0 Å². The second-order valence-corrected chi connectivity index (χ2v) is 3.06. The van der Waals surface area contributed by atoms with Gasteiger partial charge >= 0.3 is 0 Å². The summed E-state index contributed by atoms with van der Waals surface area (Å²) < 4.78 is 5.24. The van der Waals surface area contributed by atoms with Crippen LogP contribution in [0.2, 0.25) is 0 Å². The molecule has 0 bridgehead atoms. The minimum absolute atomic E-state index is 0.438. The Labute approximate surface area is 71.8 Å². The van der Waals surface area contributed by atoms with Crippen molar-refractivity contribution >= 4 is 0 Å². The fourth-order valence-corrected chi connectivity index (χ4v) is 1.57. The average molecular weight is 164 g/mol. The zero-order valence-electron chi connectivity index (χ0n) is 7.13. The number of rotatable bonds is 1. The van der Waals surface area contributed by atoms with Crippen molar-refractivity contribution in [2.45, 2.75) is 26.6 Å². The third-order valence-electron chi connectivity index (χ3n) is 2.35. The summed E-state index contributed by atoms with van der Waals surface area (Å²) in [5.41, 5.74) is 3.12. The number of phenols is 1. The SMILES string of the molecule is CCc1ccc2c(c1O)COC2. The summed E-state index contributed by atoms with van der Waals surface area (Å²) in [7, 11) is 0. The number of fused-ring (bicyclic) bond motifs is 1. The molecule has 2 rings (SSSR count). The van der Waals surface area contributed by atoms with Gasteiger partial charge in [-0.15, -0.1) is 0 Å². The maximum absolute atomic E-state index is 9.73. The van der Waals surface area contributed by atoms with Gasteiger partial charge in [-0.3, -0.25) is 0 Å². The number of phenolic OH excluding ortho intramolecular Hbond substituents is 1. The van der Waals surface area contributed by atoms with Crippen molar-refractivity contribution in [1.29, 1.82) is 0 Å². The van der Waals surface area contributed by atoms with E-state index in [0.717, 1.165) is 23.1 Å². The van der Waals surface area contributed by atoms with Gasteiger partial charge in [0.25, 0.3) is 0 Å². The van der Waals surface area contributed by atoms with Gasteiger partial charge in [-0.2, -0.15) is 0 Å². The lowest BCUT2D eigenvalue weighted by molar-refractivity contribution is 0.133. The Morgan fingerprint density at radius 3 is 3.00 bits per heavy atom. The minimum Gasteiger partial charge on any atom is -0.507 e. The lowest BCUT2D eigenvalue weighted by atomic mass is 10.0. The Balaban J connectivity index is 2.54. The molecule has 0 radical (unpaired) electrons. The summed E-state index contributed by atoms with van der Waals surface area (Å²) in [6.45, 7) is 3.25. The largest absolute Gasteiger partial charge is 0.507 e. The van der Waals surface area contributed by atoms with Crippen LogP contribution in [0.1, 0.15) is 23.6 Å². The minimum atomic E-state index is 0.438. The van der Waals surface area contributed by atoms with Gasteiger partial charge in [0.1, 0.15) is 5.75 Å². The van der Waals surface area contributed by atoms with Crippen molar-refractivity contribution in [3.8, 4) is 5.75 Å². The summed E-state index contributed by atoms with van der Waals surface area (Å²) in [5, 5.41) is 9.73. The first-order chi connectivity index (χ1) is 5.83. The molecule has 2 heteroatoms. The fourth-order valence-electron chi connectivity index (χ4n) is 1.57. The molecule has 2 nitrogen and oxygen atoms in total. The summed E-state index contributed by atoms with van der Waals surface area (Å²) in [6.07, 6.45) is 0.874. The summed E-state index contributed by atoms with van der Waals surface area (Å²) in [6, 6.07) is 4.02. The lowest BCUT2D eigenvalue weighted by Crippen LogP contribution is -1.88. The van der Waals surface area contributed by atoms with Gasteiger partial charge in [-0.25, -0.2) is 0 Å². The van der Waals surface area contributed by atoms with E-state index < -0.39 is 0 Å². The Morgan fingerprint density at radius 2 is 2.25 bits per heavy atom. The summed E-state index contributed by atoms with van der Waals surface area (Å²) in [5.74, 6) is 0.438. The average Bonchev–Trinajstić information content (AvgIpc) is 2.53. The van der Waals surface area contributed by atoms with Crippen molar-refractivity contribution in [3.63, 3.8) is 0 Å². The van der Waals surface area contributed by atoms with Crippen molar-refractivity contribution < 1.29 is 9.84 Å². The molecule has 0 unspecified atom stereocenters. The second kappa shape index (κ2) is 2.79. The predicted molar refractivity (Wildman–Crippen MR) is 46.0 cm³/mol. The van der Waals surface area contributed by atoms with Crippen LogP contribution in [0.15, 0.2) is 12.1 Å². The number of benzene rings is 1. The Hall–Kier alpha value is -1.02. The molecule has 1 aromatic rings. The molecule has 1 heterocycles. The van der Waals surface area contributed by atoms with Gasteiger partial charge < -0.3 is 9.84 Å². The molecule has 1 N–H and O–H groups in total. The highest BCUT2D eigenvalue weighted by Gasteiger charge is 2.16. The van der Waals surface area contributed by atoms with Crippen molar-refractivity contribution in [3.05, 3.63) is 28.8 Å². The molecule has 0 spiro atoms. The smallest absolute Gasteiger partial charge is 0.124 e. The molecule has 1 aliphatic heterocycles. The topological polar surface area (TPSA) is 29.5 Å². The van der Waals surface area contributed by atoms with Crippen LogP contribution >= 0.6 is 0 Å². The molecule has 0 aromatic heterocycles. The van der Waals surface area contributed by atoms with E-state index >= 15 is 0 Å². The third kappa shape index (κ3) is 0.994. The monoisotopic (exact) mass is 164 g/mol. The second-order valence-electron chi connectivity index (χ2n) is 3.06. The predicted octanol–water partition coefficient (Wildman–Crippen LogP) is 1.98. The molecule has 1 aliphatic rings. The van der Waals surface area contributed by atoms with Gasteiger partial charge in [-0.1, -0.05) is 19.1 Å². The van der Waals surface area contributed by atoms with Gasteiger partial charge in [0.05, 0.1) is 13.2 Å². The van der Waals surface area contributed by atoms with Crippen LogP contribution in [-0.4, -0.2) is 5.11 Å². The normalized spacial score (nSPS) is 14.8. The molecule has 64 valence electrons. The first-order valence-electron chi connectivity index (χ1n) is 4.23. The van der Waals surface area contributed by atoms with Gasteiger partial charge in [0.2, 0.25) is 0 Å². The molecular formula is C10H12O2. The van der Waals surface area contributed by atoms with E-state index in [4.69, 9.17) is 4.74 Å². The van der Waals surface area contributed by atoms with E-state index in [1.165, 1.54) is 0 Å². The van der Waals surface area contributed by atoms with Crippen LogP contribution in [0, 0.1) is 0 Å². The van der Waals surface area contributed by atoms with Crippen LogP contribution in [-0.2, 0) is 24.4 Å². The molecule has 0 amide bonds. The van der Waals surface area contributed by atoms with Gasteiger partial charge in [-0.05, 0) is 17.5 Å². The van der Waals surface area contributed by atoms with Gasteiger partial charge in [0.15, 0.2) is 0 Å². The highest BCUT2D eigenvalue weighted by molar-refractivity contribution is 5.46. The molecule has 0 aliphatic carbocycles. The highest BCUT2D eigenvalue weighted by Crippen LogP contribution is 2.31. The van der Waals surface area contributed by atoms with E-state index in [2.05, 4.69) is 0 Å². The zero-order chi connectivity index (χ0) is 8.55. The Morgan fingerprint density at radius 1 is 1.42 bits per heavy atom. The number of ether oxygens (including phenoxy) is 1. The number of hydrogen-bond acceptors (Lipinski definition) is 2. The van der Waals surface area contributed by atoms with Gasteiger partial charge in [0, 0.05) is 5.56 Å². The van der Waals surface area contributed by atoms with Crippen LogP contribution in [0.5, 0.6) is 5.75 Å². The molecule has 1 aromatic carbocycles. The third-order valence-corrected chi connectivity index (χ3v) is 2.35. The first-order valence-corrected chi connectivity index (χ1v) is 4.23. The van der Waals surface area contributed by atoms with Crippen LogP contribution in [0.25, 0.3) is 0 Å². The first kappa shape index (κ1) is 7.62. The van der Waals surface area contributed by atoms with Crippen molar-refractivity contribution in [2.24, 2.45) is 0 Å².